The molecule has 0 aromatic heterocycles. The van der Waals surface area contributed by atoms with Gasteiger partial charge in [0.05, 0.1) is 32.8 Å². The van der Waals surface area contributed by atoms with Gasteiger partial charge in [0.15, 0.2) is 17.3 Å². The number of ether oxygens (including phenoxy) is 4. The van der Waals surface area contributed by atoms with Crippen LogP contribution in [0.2, 0.25) is 0 Å². The highest BCUT2D eigenvalue weighted by Crippen LogP contribution is 2.50. The summed E-state index contributed by atoms with van der Waals surface area (Å²) in [6.45, 7) is 8.38. The molecule has 0 saturated heterocycles. The molecular weight excluding hydrogens is 454 g/mol. The lowest BCUT2D eigenvalue weighted by molar-refractivity contribution is -0.138. The van der Waals surface area contributed by atoms with Gasteiger partial charge >= 0.3 is 5.97 Å². The summed E-state index contributed by atoms with van der Waals surface area (Å²) in [6, 6.07) is 3.52. The molecule has 7 nitrogen and oxygen atoms in total. The summed E-state index contributed by atoms with van der Waals surface area (Å²) in [6.07, 6.45) is 1.10. The molecule has 0 radical (unpaired) electrons. The molecule has 3 rings (SSSR count). The second-order valence-electron chi connectivity index (χ2n) is 9.21. The van der Waals surface area contributed by atoms with Crippen molar-refractivity contribution in [2.75, 3.05) is 39.4 Å². The molecule has 8 heteroatoms. The molecule has 1 aromatic carbocycles. The summed E-state index contributed by atoms with van der Waals surface area (Å²) >= 11 is 1.71. The molecule has 0 spiro atoms. The molecule has 0 saturated carbocycles. The fourth-order valence-corrected chi connectivity index (χ4v) is 5.20. The lowest BCUT2D eigenvalue weighted by atomic mass is 9.68. The van der Waals surface area contributed by atoms with Gasteiger partial charge in [-0.2, -0.15) is 11.8 Å². The van der Waals surface area contributed by atoms with Crippen LogP contribution in [0.15, 0.2) is 34.7 Å². The first-order valence-electron chi connectivity index (χ1n) is 11.5. The predicted octanol–water partition coefficient (Wildman–Crippen LogP) is 4.61. The van der Waals surface area contributed by atoms with Crippen LogP contribution in [-0.4, -0.2) is 51.2 Å². The van der Waals surface area contributed by atoms with Crippen molar-refractivity contribution in [3.8, 4) is 17.2 Å². The number of Topliss-reactive ketones (excluding diaryl/α,β-unsaturated/α-hetero) is 1. The molecule has 0 unspecified atom stereocenters. The summed E-state index contributed by atoms with van der Waals surface area (Å²) in [5.41, 5.74) is 3.02. The minimum absolute atomic E-state index is 0.0138. The average molecular weight is 490 g/mol. The number of nitrogens with one attached hydrogen (secondary N) is 1. The molecule has 1 atom stereocenters. The first-order chi connectivity index (χ1) is 16.2. The Kier molecular flexibility index (Phi) is 8.23. The van der Waals surface area contributed by atoms with Gasteiger partial charge in [-0.15, -0.1) is 0 Å². The number of rotatable bonds is 9. The van der Waals surface area contributed by atoms with Crippen molar-refractivity contribution >= 4 is 23.5 Å². The van der Waals surface area contributed by atoms with E-state index in [1.54, 1.807) is 45.2 Å². The van der Waals surface area contributed by atoms with Crippen molar-refractivity contribution in [3.05, 3.63) is 40.2 Å². The minimum atomic E-state index is -0.638. The van der Waals surface area contributed by atoms with Crippen molar-refractivity contribution in [1.29, 1.82) is 0 Å². The second kappa shape index (κ2) is 10.8. The highest BCUT2D eigenvalue weighted by molar-refractivity contribution is 7.99. The Hall–Kier alpha value is -2.61. The Morgan fingerprint density at radius 3 is 2.35 bits per heavy atom. The van der Waals surface area contributed by atoms with Crippen LogP contribution >= 0.6 is 11.8 Å². The molecule has 1 heterocycles. The average Bonchev–Trinajstić information content (AvgIpc) is 2.78. The number of esters is 1. The summed E-state index contributed by atoms with van der Waals surface area (Å²) in [4.78, 5) is 26.9. The van der Waals surface area contributed by atoms with E-state index in [9.17, 15) is 9.59 Å². The number of allylic oxidation sites excluding steroid dienone is 3. The zero-order chi connectivity index (χ0) is 25.0. The highest BCUT2D eigenvalue weighted by Gasteiger charge is 2.44. The summed E-state index contributed by atoms with van der Waals surface area (Å²) in [7, 11) is 4.66. The number of dihydropyridines is 1. The van der Waals surface area contributed by atoms with E-state index in [1.165, 1.54) is 0 Å². The molecule has 1 N–H and O–H groups in total. The zero-order valence-electron chi connectivity index (χ0n) is 21.1. The number of benzene rings is 1. The van der Waals surface area contributed by atoms with Gasteiger partial charge in [-0.25, -0.2) is 4.79 Å². The van der Waals surface area contributed by atoms with Crippen molar-refractivity contribution in [2.24, 2.45) is 5.41 Å². The van der Waals surface area contributed by atoms with E-state index in [4.69, 9.17) is 18.9 Å². The summed E-state index contributed by atoms with van der Waals surface area (Å²) in [5.74, 6) is 2.11. The maximum absolute atomic E-state index is 13.5. The molecule has 0 fully saturated rings. The molecule has 0 bridgehead atoms. The molecule has 1 aliphatic heterocycles. The van der Waals surface area contributed by atoms with Gasteiger partial charge in [-0.1, -0.05) is 20.8 Å². The topological polar surface area (TPSA) is 83.1 Å². The van der Waals surface area contributed by atoms with Gasteiger partial charge in [0, 0.05) is 40.8 Å². The van der Waals surface area contributed by atoms with Gasteiger partial charge in [0.25, 0.3) is 0 Å². The van der Waals surface area contributed by atoms with E-state index in [2.05, 4.69) is 26.1 Å². The first-order valence-corrected chi connectivity index (χ1v) is 12.6. The minimum Gasteiger partial charge on any atom is -0.496 e. The van der Waals surface area contributed by atoms with Crippen LogP contribution in [0.1, 0.15) is 52.0 Å². The van der Waals surface area contributed by atoms with E-state index >= 15 is 0 Å². The summed E-state index contributed by atoms with van der Waals surface area (Å²) < 4.78 is 22.3. The number of hydrogen-bond acceptors (Lipinski definition) is 8. The van der Waals surface area contributed by atoms with Gasteiger partial charge in [0.1, 0.15) is 12.4 Å². The molecule has 34 heavy (non-hydrogen) atoms. The number of hydrogen-bond donors (Lipinski definition) is 1. The van der Waals surface area contributed by atoms with Crippen LogP contribution in [0.5, 0.6) is 17.2 Å². The van der Waals surface area contributed by atoms with Crippen LogP contribution in [-0.2, 0) is 14.3 Å². The normalized spacial score (nSPS) is 19.4. The Labute approximate surface area is 206 Å². The molecule has 186 valence electrons. The van der Waals surface area contributed by atoms with Crippen molar-refractivity contribution in [3.63, 3.8) is 0 Å². The smallest absolute Gasteiger partial charge is 0.336 e. The first kappa shape index (κ1) is 26.0. The van der Waals surface area contributed by atoms with Crippen LogP contribution < -0.4 is 19.5 Å². The van der Waals surface area contributed by atoms with E-state index in [-0.39, 0.29) is 11.2 Å². The maximum atomic E-state index is 13.5. The third-order valence-corrected chi connectivity index (χ3v) is 7.04. The Morgan fingerprint density at radius 1 is 1.09 bits per heavy atom. The molecule has 2 aliphatic rings. The lowest BCUT2D eigenvalue weighted by Crippen LogP contribution is -2.38. The second-order valence-corrected chi connectivity index (χ2v) is 10.6. The van der Waals surface area contributed by atoms with Gasteiger partial charge in [-0.3, -0.25) is 4.79 Å². The number of thioether (sulfide) groups is 1. The molecule has 0 amide bonds. The zero-order valence-corrected chi connectivity index (χ0v) is 21.9. The quantitative estimate of drug-likeness (QED) is 0.398. The number of ketones is 1. The largest absolute Gasteiger partial charge is 0.496 e. The Bertz CT molecular complexity index is 1030. The van der Waals surface area contributed by atoms with Gasteiger partial charge < -0.3 is 24.3 Å². The number of carbonyl (C=O) groups excluding carboxylic acids is 2. The van der Waals surface area contributed by atoms with Gasteiger partial charge in [0.2, 0.25) is 0 Å². The van der Waals surface area contributed by atoms with Crippen molar-refractivity contribution in [1.82, 2.24) is 5.32 Å². The maximum Gasteiger partial charge on any atom is 0.336 e. The summed E-state index contributed by atoms with van der Waals surface area (Å²) in [5, 5.41) is 3.36. The standard InChI is InChI=1S/C26H35NO6S/c1-8-34-10-9-33-25(29)22-15(2)27-17-13-26(3,4)14-18(28)24(17)23(22)16-11-20(31-6)21(32-7)12-19(16)30-5/h11-12,23,27H,8-10,13-14H2,1-7H3/t23-/m0/s1. The third-order valence-electron chi connectivity index (χ3n) is 6.17. The molecule has 1 aromatic rings. The monoisotopic (exact) mass is 489 g/mol. The Balaban J connectivity index is 2.18. The number of carbonyl (C=O) groups is 2. The molecular formula is C26H35NO6S. The predicted molar refractivity (Wildman–Crippen MR) is 134 cm³/mol. The lowest BCUT2D eigenvalue weighted by Gasteiger charge is -2.39. The SMILES string of the molecule is CCSCCOC(=O)C1=C(C)NC2=C(C(=O)CC(C)(C)C2)[C@H]1c1cc(OC)c(OC)cc1OC. The van der Waals surface area contributed by atoms with Gasteiger partial charge in [-0.05, 0) is 30.6 Å². The van der Waals surface area contributed by atoms with Crippen LogP contribution in [0.3, 0.4) is 0 Å². The van der Waals surface area contributed by atoms with E-state index in [0.29, 0.717) is 64.9 Å². The van der Waals surface area contributed by atoms with Crippen LogP contribution in [0.25, 0.3) is 0 Å². The van der Waals surface area contributed by atoms with Crippen molar-refractivity contribution < 1.29 is 28.5 Å². The fourth-order valence-electron chi connectivity index (χ4n) is 4.71. The van der Waals surface area contributed by atoms with E-state index in [1.807, 2.05) is 6.92 Å². The Morgan fingerprint density at radius 2 is 1.74 bits per heavy atom. The van der Waals surface area contributed by atoms with Crippen LogP contribution in [0, 0.1) is 5.41 Å². The van der Waals surface area contributed by atoms with E-state index in [0.717, 1.165) is 11.4 Å². The van der Waals surface area contributed by atoms with Crippen molar-refractivity contribution in [2.45, 2.75) is 46.5 Å². The third kappa shape index (κ3) is 5.22. The fraction of sp³-hybridized carbons (Fsp3) is 0.538. The highest BCUT2D eigenvalue weighted by atomic mass is 32.2. The van der Waals surface area contributed by atoms with E-state index < -0.39 is 11.9 Å². The van der Waals surface area contributed by atoms with Crippen LogP contribution in [0.4, 0.5) is 0 Å². The number of methoxy groups -OCH3 is 3. The molecule has 1 aliphatic carbocycles.